The zero-order chi connectivity index (χ0) is 14.7. The molecule has 8 heteroatoms. The Balaban J connectivity index is 2.89. The normalized spacial score (nSPS) is 12.2. The van der Waals surface area contributed by atoms with E-state index in [1.54, 1.807) is 6.07 Å². The van der Waals surface area contributed by atoms with Crippen LogP contribution in [0.1, 0.15) is 11.1 Å². The van der Waals surface area contributed by atoms with E-state index in [2.05, 4.69) is 0 Å². The number of halogens is 3. The first-order chi connectivity index (χ1) is 8.63. The Morgan fingerprint density at radius 2 is 2.00 bits per heavy atom. The van der Waals surface area contributed by atoms with E-state index < -0.39 is 21.6 Å². The Hall–Kier alpha value is -1.20. The van der Waals surface area contributed by atoms with E-state index in [4.69, 9.17) is 5.26 Å². The van der Waals surface area contributed by atoms with Crippen molar-refractivity contribution in [1.82, 2.24) is 0 Å². The van der Waals surface area contributed by atoms with Crippen LogP contribution in [0.2, 0.25) is 0 Å². The van der Waals surface area contributed by atoms with E-state index in [1.165, 1.54) is 6.07 Å². The molecule has 0 amide bonds. The monoisotopic (exact) mass is 309 g/mol. The zero-order valence-corrected chi connectivity index (χ0v) is 11.5. The first kappa shape index (κ1) is 15.9. The molecule has 0 aromatic heterocycles. The summed E-state index contributed by atoms with van der Waals surface area (Å²) in [5.41, 5.74) is -0.996. The van der Waals surface area contributed by atoms with Gasteiger partial charge in [0.2, 0.25) is 0 Å². The van der Waals surface area contributed by atoms with Gasteiger partial charge >= 0.3 is 6.18 Å². The van der Waals surface area contributed by atoms with Crippen LogP contribution in [-0.2, 0) is 16.0 Å². The molecule has 0 spiro atoms. The highest BCUT2D eigenvalue weighted by molar-refractivity contribution is 8.00. The molecule has 0 unspecified atom stereocenters. The van der Waals surface area contributed by atoms with Crippen LogP contribution in [-0.4, -0.2) is 26.2 Å². The highest BCUT2D eigenvalue weighted by Gasteiger charge is 2.31. The number of benzene rings is 1. The van der Waals surface area contributed by atoms with Crippen molar-refractivity contribution in [3.8, 4) is 6.07 Å². The van der Waals surface area contributed by atoms with Gasteiger partial charge in [0.1, 0.15) is 15.9 Å². The fourth-order valence-electron chi connectivity index (χ4n) is 1.22. The second kappa shape index (κ2) is 5.84. The standard InChI is InChI=1S/C11H10F3NO2S2/c1-19(16,17)5-4-18-10-3-2-9(11(12,13)14)6-8(10)7-15/h2-3,6H,4-5H2,1H3. The number of sulfone groups is 1. The van der Waals surface area contributed by atoms with Gasteiger partial charge in [-0.25, -0.2) is 8.42 Å². The lowest BCUT2D eigenvalue weighted by Crippen LogP contribution is -2.06. The molecule has 0 bridgehead atoms. The van der Waals surface area contributed by atoms with E-state index in [0.717, 1.165) is 30.2 Å². The van der Waals surface area contributed by atoms with Crippen LogP contribution in [0.25, 0.3) is 0 Å². The molecule has 3 nitrogen and oxygen atoms in total. The molecule has 0 aliphatic carbocycles. The van der Waals surface area contributed by atoms with Crippen molar-refractivity contribution in [2.24, 2.45) is 0 Å². The summed E-state index contributed by atoms with van der Waals surface area (Å²) in [7, 11) is -3.13. The van der Waals surface area contributed by atoms with Gasteiger partial charge in [-0.3, -0.25) is 0 Å². The molecule has 0 fully saturated rings. The van der Waals surface area contributed by atoms with Crippen LogP contribution in [0, 0.1) is 11.3 Å². The van der Waals surface area contributed by atoms with Crippen molar-refractivity contribution >= 4 is 21.6 Å². The fourth-order valence-corrected chi connectivity index (χ4v) is 3.41. The Morgan fingerprint density at radius 1 is 1.37 bits per heavy atom. The third-order valence-electron chi connectivity index (χ3n) is 2.14. The quantitative estimate of drug-likeness (QED) is 0.802. The van der Waals surface area contributed by atoms with Gasteiger partial charge in [0.05, 0.1) is 16.9 Å². The highest BCUT2D eigenvalue weighted by atomic mass is 32.2. The van der Waals surface area contributed by atoms with Gasteiger partial charge in [-0.15, -0.1) is 11.8 Å². The lowest BCUT2D eigenvalue weighted by atomic mass is 10.1. The Kier molecular flexibility index (Phi) is 4.87. The maximum absolute atomic E-state index is 12.4. The summed E-state index contributed by atoms with van der Waals surface area (Å²) in [6, 6.07) is 4.52. The minimum atomic E-state index is -4.50. The van der Waals surface area contributed by atoms with Crippen LogP contribution < -0.4 is 0 Å². The maximum atomic E-state index is 12.4. The summed E-state index contributed by atoms with van der Waals surface area (Å²) in [5, 5.41) is 8.82. The predicted octanol–water partition coefficient (Wildman–Crippen LogP) is 2.71. The molecule has 19 heavy (non-hydrogen) atoms. The second-order valence-corrected chi connectivity index (χ2v) is 7.20. The van der Waals surface area contributed by atoms with Gasteiger partial charge in [-0.05, 0) is 18.2 Å². The zero-order valence-electron chi connectivity index (χ0n) is 9.86. The average molecular weight is 309 g/mol. The molecule has 1 rings (SSSR count). The molecular weight excluding hydrogens is 299 g/mol. The van der Waals surface area contributed by atoms with Crippen LogP contribution in [0.3, 0.4) is 0 Å². The van der Waals surface area contributed by atoms with E-state index in [0.29, 0.717) is 4.90 Å². The molecule has 1 aromatic rings. The first-order valence-electron chi connectivity index (χ1n) is 5.05. The van der Waals surface area contributed by atoms with Crippen molar-refractivity contribution in [3.05, 3.63) is 29.3 Å². The Labute approximate surface area is 113 Å². The van der Waals surface area contributed by atoms with Crippen molar-refractivity contribution < 1.29 is 21.6 Å². The first-order valence-corrected chi connectivity index (χ1v) is 8.10. The van der Waals surface area contributed by atoms with E-state index in [1.807, 2.05) is 0 Å². The van der Waals surface area contributed by atoms with Crippen molar-refractivity contribution in [2.75, 3.05) is 17.8 Å². The van der Waals surface area contributed by atoms with Gasteiger partial charge in [-0.1, -0.05) is 0 Å². The Bertz CT molecular complexity index is 603. The SMILES string of the molecule is CS(=O)(=O)CCSc1ccc(C(F)(F)F)cc1C#N. The summed E-state index contributed by atoms with van der Waals surface area (Å²) in [6.07, 6.45) is -3.42. The van der Waals surface area contributed by atoms with Gasteiger partial charge in [0, 0.05) is 16.9 Å². The highest BCUT2D eigenvalue weighted by Crippen LogP contribution is 2.32. The van der Waals surface area contributed by atoms with E-state index in [9.17, 15) is 21.6 Å². The lowest BCUT2D eigenvalue weighted by Gasteiger charge is -2.09. The largest absolute Gasteiger partial charge is 0.416 e. The number of hydrogen-bond donors (Lipinski definition) is 0. The summed E-state index contributed by atoms with van der Waals surface area (Å²) >= 11 is 1.05. The minimum absolute atomic E-state index is 0.0937. The van der Waals surface area contributed by atoms with Gasteiger partial charge in [0.25, 0.3) is 0 Å². The smallest absolute Gasteiger partial charge is 0.229 e. The molecule has 104 valence electrons. The average Bonchev–Trinajstić information content (AvgIpc) is 2.26. The molecule has 0 heterocycles. The molecule has 0 saturated heterocycles. The third-order valence-corrected chi connectivity index (χ3v) is 4.42. The van der Waals surface area contributed by atoms with E-state index >= 15 is 0 Å². The molecule has 0 N–H and O–H groups in total. The van der Waals surface area contributed by atoms with E-state index in [-0.39, 0.29) is 17.1 Å². The van der Waals surface area contributed by atoms with Crippen LogP contribution in [0.5, 0.6) is 0 Å². The molecule has 0 radical (unpaired) electrons. The molecular formula is C11H10F3NO2S2. The van der Waals surface area contributed by atoms with Crippen molar-refractivity contribution in [3.63, 3.8) is 0 Å². The number of rotatable bonds is 4. The fraction of sp³-hybridized carbons (Fsp3) is 0.364. The van der Waals surface area contributed by atoms with Gasteiger partial charge < -0.3 is 0 Å². The van der Waals surface area contributed by atoms with Gasteiger partial charge in [-0.2, -0.15) is 18.4 Å². The number of nitriles is 1. The summed E-state index contributed by atoms with van der Waals surface area (Å²) < 4.78 is 59.2. The number of thioether (sulfide) groups is 1. The topological polar surface area (TPSA) is 57.9 Å². The lowest BCUT2D eigenvalue weighted by molar-refractivity contribution is -0.137. The third kappa shape index (κ3) is 5.12. The number of hydrogen-bond acceptors (Lipinski definition) is 4. The van der Waals surface area contributed by atoms with Crippen LogP contribution >= 0.6 is 11.8 Å². The molecule has 0 atom stereocenters. The van der Waals surface area contributed by atoms with Crippen molar-refractivity contribution in [2.45, 2.75) is 11.1 Å². The van der Waals surface area contributed by atoms with Gasteiger partial charge in [0.15, 0.2) is 0 Å². The maximum Gasteiger partial charge on any atom is 0.416 e. The molecule has 0 aliphatic rings. The summed E-state index contributed by atoms with van der Waals surface area (Å²) in [5.74, 6) is 0.0996. The minimum Gasteiger partial charge on any atom is -0.229 e. The predicted molar refractivity (Wildman–Crippen MR) is 66.6 cm³/mol. The van der Waals surface area contributed by atoms with Crippen molar-refractivity contribution in [1.29, 1.82) is 5.26 Å². The van der Waals surface area contributed by atoms with Crippen LogP contribution in [0.4, 0.5) is 13.2 Å². The second-order valence-electron chi connectivity index (χ2n) is 3.80. The molecule has 1 aromatic carbocycles. The summed E-state index contributed by atoms with van der Waals surface area (Å²) in [6.45, 7) is 0. The molecule has 0 aliphatic heterocycles. The summed E-state index contributed by atoms with van der Waals surface area (Å²) in [4.78, 5) is 0.346. The van der Waals surface area contributed by atoms with Crippen LogP contribution in [0.15, 0.2) is 23.1 Å². The molecule has 0 saturated carbocycles. The number of nitrogens with zero attached hydrogens (tertiary/aromatic N) is 1. The Morgan fingerprint density at radius 3 is 2.47 bits per heavy atom. The number of alkyl halides is 3.